The van der Waals surface area contributed by atoms with Crippen LogP contribution in [0.15, 0.2) is 4.58 Å². The Bertz CT molecular complexity index is 485. The third-order valence-corrected chi connectivity index (χ3v) is 2.89. The highest BCUT2D eigenvalue weighted by Gasteiger charge is 2.20. The first kappa shape index (κ1) is 16.9. The van der Waals surface area contributed by atoms with Gasteiger partial charge in [-0.1, -0.05) is 0 Å². The zero-order valence-corrected chi connectivity index (χ0v) is 13.0. The number of anilines is 3. The summed E-state index contributed by atoms with van der Waals surface area (Å²) in [5.74, 6) is -0.247. The number of nitrogens with one attached hydrogen (secondary N) is 1. The topological polar surface area (TPSA) is 124 Å². The maximum Gasteiger partial charge on any atom is 0.327 e. The number of aliphatic carboxylic acids is 1. The van der Waals surface area contributed by atoms with Crippen molar-refractivity contribution in [3.8, 4) is 0 Å². The molecule has 0 aliphatic heterocycles. The summed E-state index contributed by atoms with van der Waals surface area (Å²) in [6.07, 6.45) is 0. The molecule has 11 heteroatoms. The molecule has 21 heavy (non-hydrogen) atoms. The molecule has 0 radical (unpaired) electrons. The van der Waals surface area contributed by atoms with Crippen molar-refractivity contribution in [1.29, 1.82) is 0 Å². The van der Waals surface area contributed by atoms with Gasteiger partial charge in [-0.15, -0.1) is 4.91 Å². The minimum atomic E-state index is -1.12. The molecule has 1 heterocycles. The first-order chi connectivity index (χ1) is 9.85. The number of rotatable bonds is 8. The Labute approximate surface area is 126 Å². The van der Waals surface area contributed by atoms with Crippen molar-refractivity contribution < 1.29 is 9.90 Å². The van der Waals surface area contributed by atoms with Gasteiger partial charge in [0.1, 0.15) is 6.04 Å². The Morgan fingerprint density at radius 3 is 2.14 bits per heavy atom. The van der Waals surface area contributed by atoms with Gasteiger partial charge in [-0.05, 0) is 0 Å². The SMILES string of the molecule is CN(C)c1nc(NC(CSN=O)C(=O)O)nc(N(C)C)n1. The van der Waals surface area contributed by atoms with E-state index in [-0.39, 0.29) is 11.7 Å². The van der Waals surface area contributed by atoms with E-state index in [1.165, 1.54) is 0 Å². The van der Waals surface area contributed by atoms with Crippen LogP contribution in [0.2, 0.25) is 0 Å². The van der Waals surface area contributed by atoms with E-state index in [4.69, 9.17) is 5.11 Å². The fraction of sp³-hybridized carbons (Fsp3) is 0.600. The Kier molecular flexibility index (Phi) is 6.09. The van der Waals surface area contributed by atoms with Gasteiger partial charge in [0.2, 0.25) is 17.8 Å². The minimum absolute atomic E-state index is 0.0287. The Hall–Kier alpha value is -2.17. The second-order valence-electron chi connectivity index (χ2n) is 4.45. The first-order valence-corrected chi connectivity index (χ1v) is 6.84. The standard InChI is InChI=1S/C10H17N7O3S/c1-16(2)9-12-8(13-10(14-9)17(3)4)11-6(7(18)19)5-21-15-20/h6H,5H2,1-4H3,(H,18,19)(H,11,12,13,14). The van der Waals surface area contributed by atoms with Crippen LogP contribution in [0.5, 0.6) is 0 Å². The van der Waals surface area contributed by atoms with Crippen LogP contribution >= 0.6 is 11.9 Å². The maximum absolute atomic E-state index is 11.1. The average Bonchev–Trinajstić information content (AvgIpc) is 2.42. The summed E-state index contributed by atoms with van der Waals surface area (Å²) in [6, 6.07) is -1.03. The predicted octanol–water partition coefficient (Wildman–Crippen LogP) is 0.283. The molecule has 0 aromatic carbocycles. The molecule has 1 atom stereocenters. The molecule has 0 amide bonds. The van der Waals surface area contributed by atoms with Crippen LogP contribution in [0.3, 0.4) is 0 Å². The van der Waals surface area contributed by atoms with E-state index in [1.807, 2.05) is 0 Å². The smallest absolute Gasteiger partial charge is 0.327 e. The predicted molar refractivity (Wildman–Crippen MR) is 81.8 cm³/mol. The fourth-order valence-corrected chi connectivity index (χ4v) is 1.69. The van der Waals surface area contributed by atoms with E-state index in [0.717, 1.165) is 0 Å². The molecule has 2 N–H and O–H groups in total. The molecule has 116 valence electrons. The number of carboxylic acid groups (broad SMARTS) is 1. The van der Waals surface area contributed by atoms with Gasteiger partial charge in [0.25, 0.3) is 0 Å². The summed E-state index contributed by atoms with van der Waals surface area (Å²) in [5, 5.41) is 11.8. The van der Waals surface area contributed by atoms with E-state index in [0.29, 0.717) is 23.8 Å². The van der Waals surface area contributed by atoms with Gasteiger partial charge in [-0.25, -0.2) is 4.79 Å². The van der Waals surface area contributed by atoms with Gasteiger partial charge in [-0.3, -0.25) is 0 Å². The number of hydrogen-bond donors (Lipinski definition) is 2. The molecular weight excluding hydrogens is 298 g/mol. The average molecular weight is 315 g/mol. The highest BCUT2D eigenvalue weighted by molar-refractivity contribution is 7.97. The Morgan fingerprint density at radius 1 is 1.24 bits per heavy atom. The van der Waals surface area contributed by atoms with Gasteiger partial charge < -0.3 is 20.2 Å². The minimum Gasteiger partial charge on any atom is -0.480 e. The fourth-order valence-electron chi connectivity index (χ4n) is 1.25. The second kappa shape index (κ2) is 7.57. The molecule has 0 fully saturated rings. The third kappa shape index (κ3) is 5.02. The van der Waals surface area contributed by atoms with Crippen molar-refractivity contribution in [2.75, 3.05) is 49.1 Å². The van der Waals surface area contributed by atoms with Crippen molar-refractivity contribution in [3.05, 3.63) is 4.91 Å². The summed E-state index contributed by atoms with van der Waals surface area (Å²) >= 11 is 0.619. The van der Waals surface area contributed by atoms with E-state index < -0.39 is 12.0 Å². The lowest BCUT2D eigenvalue weighted by Crippen LogP contribution is -2.33. The lowest BCUT2D eigenvalue weighted by atomic mass is 10.3. The molecule has 10 nitrogen and oxygen atoms in total. The van der Waals surface area contributed by atoms with Gasteiger partial charge in [0.05, 0.1) is 0 Å². The van der Waals surface area contributed by atoms with Gasteiger partial charge >= 0.3 is 5.97 Å². The number of nitroso groups, excluding NO2 is 1. The maximum atomic E-state index is 11.1. The molecule has 1 aromatic heterocycles. The molecule has 1 aromatic rings. The largest absolute Gasteiger partial charge is 0.480 e. The van der Waals surface area contributed by atoms with E-state index in [1.54, 1.807) is 38.0 Å². The molecule has 1 unspecified atom stereocenters. The Morgan fingerprint density at radius 2 is 1.76 bits per heavy atom. The van der Waals surface area contributed by atoms with E-state index in [9.17, 15) is 9.70 Å². The van der Waals surface area contributed by atoms with E-state index >= 15 is 0 Å². The molecule has 0 saturated heterocycles. The number of aromatic nitrogens is 3. The molecule has 0 aliphatic rings. The monoisotopic (exact) mass is 315 g/mol. The summed E-state index contributed by atoms with van der Waals surface area (Å²) in [6.45, 7) is 0. The van der Waals surface area contributed by atoms with Crippen molar-refractivity contribution in [2.45, 2.75) is 6.04 Å². The first-order valence-electron chi connectivity index (χ1n) is 5.89. The van der Waals surface area contributed by atoms with Crippen LogP contribution in [0.4, 0.5) is 17.8 Å². The van der Waals surface area contributed by atoms with Crippen molar-refractivity contribution >= 4 is 35.8 Å². The van der Waals surface area contributed by atoms with Crippen LogP contribution in [0.25, 0.3) is 0 Å². The quantitative estimate of drug-likeness (QED) is 0.510. The number of carboxylic acids is 1. The lowest BCUT2D eigenvalue weighted by Gasteiger charge is -2.18. The molecule has 1 rings (SSSR count). The highest BCUT2D eigenvalue weighted by Crippen LogP contribution is 2.15. The number of hydrogen-bond acceptors (Lipinski definition) is 10. The zero-order valence-electron chi connectivity index (χ0n) is 12.1. The van der Waals surface area contributed by atoms with Gasteiger partial charge in [-0.2, -0.15) is 15.0 Å². The van der Waals surface area contributed by atoms with E-state index in [2.05, 4.69) is 24.9 Å². The van der Waals surface area contributed by atoms with Crippen LogP contribution in [0.1, 0.15) is 0 Å². The zero-order chi connectivity index (χ0) is 16.0. The molecule has 0 spiro atoms. The van der Waals surface area contributed by atoms with Crippen molar-refractivity contribution in [1.82, 2.24) is 15.0 Å². The van der Waals surface area contributed by atoms with Crippen molar-refractivity contribution in [2.24, 2.45) is 4.58 Å². The van der Waals surface area contributed by atoms with Crippen LogP contribution in [-0.4, -0.2) is 66.0 Å². The number of nitrogens with zero attached hydrogens (tertiary/aromatic N) is 6. The summed E-state index contributed by atoms with van der Waals surface area (Å²) in [7, 11) is 7.05. The van der Waals surface area contributed by atoms with Crippen molar-refractivity contribution in [3.63, 3.8) is 0 Å². The van der Waals surface area contributed by atoms with Crippen LogP contribution < -0.4 is 15.1 Å². The highest BCUT2D eigenvalue weighted by atomic mass is 32.2. The normalized spacial score (nSPS) is 11.6. The molecular formula is C10H17N7O3S. The summed E-state index contributed by atoms with van der Waals surface area (Å²) in [4.78, 5) is 37.1. The number of carbonyl (C=O) groups is 1. The third-order valence-electron chi connectivity index (χ3n) is 2.31. The second-order valence-corrected chi connectivity index (χ2v) is 5.19. The molecule has 0 saturated carbocycles. The lowest BCUT2D eigenvalue weighted by molar-refractivity contribution is -0.137. The summed E-state index contributed by atoms with van der Waals surface area (Å²) in [5.41, 5.74) is 0. The molecule has 0 bridgehead atoms. The summed E-state index contributed by atoms with van der Waals surface area (Å²) < 4.78 is 2.58. The van der Waals surface area contributed by atoms with Crippen LogP contribution in [0, 0.1) is 4.91 Å². The Balaban J connectivity index is 3.04. The molecule has 0 aliphatic carbocycles. The van der Waals surface area contributed by atoms with Crippen LogP contribution in [-0.2, 0) is 4.79 Å². The van der Waals surface area contributed by atoms with Gasteiger partial charge in [0, 0.05) is 50.5 Å². The van der Waals surface area contributed by atoms with Gasteiger partial charge in [0.15, 0.2) is 0 Å².